The molecule has 0 saturated heterocycles. The minimum Gasteiger partial charge on any atom is -0.283 e. The van der Waals surface area contributed by atoms with Crippen molar-refractivity contribution >= 4 is 57.9 Å². The Morgan fingerprint density at radius 1 is 0.583 bits per heavy atom. The molecule has 0 aromatic carbocycles. The van der Waals surface area contributed by atoms with Crippen molar-refractivity contribution < 1.29 is 48.2 Å². The average Bonchev–Trinajstić information content (AvgIpc) is 2.36. The molecule has 0 aromatic rings. The Balaban J connectivity index is -0.000000123. The fourth-order valence-corrected chi connectivity index (χ4v) is 0.975. The third kappa shape index (κ3) is 23.5. The summed E-state index contributed by atoms with van der Waals surface area (Å²) in [6, 6.07) is 0. The Morgan fingerprint density at radius 3 is 0.750 bits per heavy atom. The molecule has 0 unspecified atom stereocenters. The van der Waals surface area contributed by atoms with E-state index >= 15 is 0 Å². The molecule has 0 spiro atoms. The van der Waals surface area contributed by atoms with Crippen LogP contribution in [0.2, 0.25) is 0 Å². The van der Waals surface area contributed by atoms with Gasteiger partial charge in [-0.2, -0.15) is 0 Å². The van der Waals surface area contributed by atoms with Gasteiger partial charge in [0.2, 0.25) is 0 Å². The van der Waals surface area contributed by atoms with Crippen molar-refractivity contribution in [2.24, 2.45) is 0 Å². The van der Waals surface area contributed by atoms with E-state index in [0.29, 0.717) is 6.42 Å². The second kappa shape index (κ2) is 17.1. The molecule has 141 valence electrons. The van der Waals surface area contributed by atoms with Gasteiger partial charge >= 0.3 is 34.7 Å². The predicted octanol–water partition coefficient (Wildman–Crippen LogP) is 1.95. The molecule has 1 radical (unpaired) electrons. The maximum absolute atomic E-state index is 8.60. The van der Waals surface area contributed by atoms with E-state index in [0.717, 1.165) is 0 Å². The van der Waals surface area contributed by atoms with Crippen molar-refractivity contribution in [1.82, 2.24) is 0 Å². The molecule has 0 bridgehead atoms. The normalized spacial score (nSPS) is 11.0. The van der Waals surface area contributed by atoms with Crippen LogP contribution in [0.3, 0.4) is 0 Å². The molecular formula is C15H28Cl2O6Rh+6. The molecule has 0 aliphatic carbocycles. The van der Waals surface area contributed by atoms with Crippen LogP contribution < -0.4 is 0 Å². The van der Waals surface area contributed by atoms with Gasteiger partial charge in [-0.1, -0.05) is 23.2 Å². The van der Waals surface area contributed by atoms with Crippen LogP contribution in [0.4, 0.5) is 0 Å². The van der Waals surface area contributed by atoms with Crippen LogP contribution >= 0.6 is 23.2 Å². The van der Waals surface area contributed by atoms with Crippen LogP contribution in [0.15, 0.2) is 0 Å². The standard InChI is InChI=1S/2C5H7ClO2.C5H8O2.Rh/c2*1-3(7)5(6)4(2)8;1-4(6)3-5(2)7;/h2*5H,1-2H3;3H2,1-2H3;/p+6. The maximum Gasteiger partial charge on any atom is 0.320 e. The van der Waals surface area contributed by atoms with E-state index < -0.39 is 10.8 Å². The molecular weight excluding hydrogens is 450 g/mol. The summed E-state index contributed by atoms with van der Waals surface area (Å²) in [5.74, 6) is 0.580. The summed E-state index contributed by atoms with van der Waals surface area (Å²) < 4.78 is 0. The zero-order chi connectivity index (χ0) is 19.3. The number of ketones is 6. The number of rotatable bonds is 6. The van der Waals surface area contributed by atoms with E-state index in [9.17, 15) is 0 Å². The van der Waals surface area contributed by atoms with Gasteiger partial charge < -0.3 is 0 Å². The summed E-state index contributed by atoms with van der Waals surface area (Å²) in [4.78, 5) is 51.3. The minimum atomic E-state index is -0.713. The number of hydrogen-bond donors (Lipinski definition) is 0. The largest absolute Gasteiger partial charge is 0.320 e. The van der Waals surface area contributed by atoms with Crippen LogP contribution in [0, 0.1) is 0 Å². The zero-order valence-electron chi connectivity index (χ0n) is 14.6. The maximum atomic E-state index is 8.60. The van der Waals surface area contributed by atoms with Gasteiger partial charge in [0.15, 0.2) is 6.42 Å². The van der Waals surface area contributed by atoms with Gasteiger partial charge in [0.25, 0.3) is 10.8 Å². The van der Waals surface area contributed by atoms with Gasteiger partial charge in [-0.25, -0.2) is 0 Å². The van der Waals surface area contributed by atoms with E-state index in [-0.39, 0.29) is 54.2 Å². The molecule has 0 atom stereocenters. The van der Waals surface area contributed by atoms with Crippen molar-refractivity contribution in [2.45, 2.75) is 58.7 Å². The molecule has 0 aliphatic rings. The first-order valence-electron chi connectivity index (χ1n) is 6.64. The van der Waals surface area contributed by atoms with Gasteiger partial charge in [-0.3, -0.25) is 28.8 Å². The van der Waals surface area contributed by atoms with Crippen LogP contribution in [0.25, 0.3) is 0 Å². The monoisotopic (exact) mass is 477 g/mol. The molecule has 0 heterocycles. The minimum absolute atomic E-state index is 0. The number of halogens is 2. The number of alkyl halides is 2. The molecule has 6 N–H and O–H groups in total. The first-order valence-corrected chi connectivity index (χ1v) is 7.51. The molecule has 24 heavy (non-hydrogen) atoms. The summed E-state index contributed by atoms with van der Waals surface area (Å²) in [5, 5.41) is -1.43. The SMILES string of the molecule is CC(=[OH+])C(Cl)C(C)=[OH+].CC(=[OH+])C(Cl)C(C)=[OH+].CC(=[OH+])CC(C)=[OH+].[Rh]. The summed E-state index contributed by atoms with van der Waals surface area (Å²) in [6.07, 6.45) is 0.306. The molecule has 0 rings (SSSR count). The van der Waals surface area contributed by atoms with E-state index in [4.69, 9.17) is 52.0 Å². The van der Waals surface area contributed by atoms with Crippen molar-refractivity contribution in [3.05, 3.63) is 0 Å². The van der Waals surface area contributed by atoms with Gasteiger partial charge in [-0.15, -0.1) is 0 Å². The quantitative estimate of drug-likeness (QED) is 0.239. The van der Waals surface area contributed by atoms with Gasteiger partial charge in [0.05, 0.1) is 0 Å². The van der Waals surface area contributed by atoms with Crippen LogP contribution in [-0.2, 0) is 19.5 Å². The molecule has 0 aliphatic heterocycles. The third-order valence-corrected chi connectivity index (χ3v) is 3.24. The van der Waals surface area contributed by atoms with E-state index in [2.05, 4.69) is 0 Å². The van der Waals surface area contributed by atoms with Crippen molar-refractivity contribution in [1.29, 1.82) is 0 Å². The Labute approximate surface area is 164 Å². The van der Waals surface area contributed by atoms with Crippen molar-refractivity contribution in [3.63, 3.8) is 0 Å². The van der Waals surface area contributed by atoms with Crippen LogP contribution in [0.1, 0.15) is 48.0 Å². The molecule has 6 nitrogen and oxygen atoms in total. The summed E-state index contributed by atoms with van der Waals surface area (Å²) in [6.45, 7) is 8.88. The Kier molecular flexibility index (Phi) is 22.1. The number of carbonyl (C=O) groups excluding carboxylic acids is 6. The van der Waals surface area contributed by atoms with Crippen molar-refractivity contribution in [2.75, 3.05) is 0 Å². The summed E-state index contributed by atoms with van der Waals surface area (Å²) in [5.41, 5.74) is 0. The number of hydrogen-bond acceptors (Lipinski definition) is 0. The molecule has 0 aromatic heterocycles. The Bertz CT molecular complexity index is 407. The third-order valence-electron chi connectivity index (χ3n) is 1.98. The fourth-order valence-electron chi connectivity index (χ4n) is 0.975. The van der Waals surface area contributed by atoms with Gasteiger partial charge in [0.1, 0.15) is 0 Å². The van der Waals surface area contributed by atoms with E-state index in [1.165, 1.54) is 27.7 Å². The average molecular weight is 478 g/mol. The topological polar surface area (TPSA) is 128 Å². The first-order chi connectivity index (χ1) is 10.2. The predicted molar refractivity (Wildman–Crippen MR) is 99.6 cm³/mol. The van der Waals surface area contributed by atoms with E-state index in [1.54, 1.807) is 13.8 Å². The van der Waals surface area contributed by atoms with Gasteiger partial charge in [-0.05, 0) is 0 Å². The molecule has 0 fully saturated rings. The second-order valence-electron chi connectivity index (χ2n) is 4.94. The summed E-state index contributed by atoms with van der Waals surface area (Å²) >= 11 is 10.8. The molecule has 0 amide bonds. The van der Waals surface area contributed by atoms with Crippen molar-refractivity contribution in [3.8, 4) is 0 Å². The molecule has 0 saturated carbocycles. The smallest absolute Gasteiger partial charge is 0.283 e. The van der Waals surface area contributed by atoms with E-state index in [1.807, 2.05) is 0 Å². The molecule has 9 heteroatoms. The zero-order valence-corrected chi connectivity index (χ0v) is 17.8. The fraction of sp³-hybridized carbons (Fsp3) is 0.600. The Morgan fingerprint density at radius 2 is 0.750 bits per heavy atom. The summed E-state index contributed by atoms with van der Waals surface area (Å²) in [7, 11) is 0. The van der Waals surface area contributed by atoms with Crippen LogP contribution in [0.5, 0.6) is 0 Å². The first kappa shape index (κ1) is 31.0. The van der Waals surface area contributed by atoms with Gasteiger partial charge in [0, 0.05) is 61.0 Å². The second-order valence-corrected chi connectivity index (χ2v) is 5.81. The van der Waals surface area contributed by atoms with Crippen LogP contribution in [-0.4, -0.2) is 74.2 Å². The Hall–Kier alpha value is -0.777.